The molecule has 1 aliphatic heterocycles. The number of halogens is 3. The molecule has 2 heterocycles. The molecule has 150 valence electrons. The van der Waals surface area contributed by atoms with Gasteiger partial charge < -0.3 is 19.9 Å². The third-order valence-corrected chi connectivity index (χ3v) is 4.63. The maximum absolute atomic E-state index is 12.5. The Morgan fingerprint density at radius 3 is 2.61 bits per heavy atom. The van der Waals surface area contributed by atoms with E-state index in [1.165, 1.54) is 24.5 Å². The van der Waals surface area contributed by atoms with Gasteiger partial charge in [0.15, 0.2) is 5.11 Å². The number of ether oxygens (including phenoxy) is 1. The van der Waals surface area contributed by atoms with Gasteiger partial charge in [0, 0.05) is 38.1 Å². The number of nitrogens with one attached hydrogen (secondary N) is 1. The van der Waals surface area contributed by atoms with Crippen molar-refractivity contribution in [3.8, 4) is 5.75 Å². The lowest BCUT2D eigenvalue weighted by molar-refractivity contribution is -0.274. The van der Waals surface area contributed by atoms with E-state index in [1.54, 1.807) is 0 Å². The lowest BCUT2D eigenvalue weighted by Crippen LogP contribution is -2.52. The van der Waals surface area contributed by atoms with Crippen molar-refractivity contribution in [3.05, 3.63) is 36.7 Å². The summed E-state index contributed by atoms with van der Waals surface area (Å²) in [7, 11) is 0. The second-order valence-electron chi connectivity index (χ2n) is 6.51. The first-order valence-electron chi connectivity index (χ1n) is 8.65. The van der Waals surface area contributed by atoms with Crippen LogP contribution in [0.1, 0.15) is 6.92 Å². The normalized spacial score (nSPS) is 14.9. The number of thiocarbonyl (C=S) groups is 1. The maximum atomic E-state index is 12.5. The van der Waals surface area contributed by atoms with Gasteiger partial charge in [-0.05, 0) is 37.3 Å². The first kappa shape index (κ1) is 20.1. The Morgan fingerprint density at radius 2 is 1.96 bits per heavy atom. The average molecular weight is 411 g/mol. The molecule has 1 fully saturated rings. The number of hydrogen-bond acceptors (Lipinski definition) is 5. The van der Waals surface area contributed by atoms with Crippen LogP contribution in [0.5, 0.6) is 5.75 Å². The van der Waals surface area contributed by atoms with E-state index in [1.807, 2.05) is 11.8 Å². The van der Waals surface area contributed by atoms with E-state index in [-0.39, 0.29) is 5.75 Å². The molecule has 3 rings (SSSR count). The summed E-state index contributed by atoms with van der Waals surface area (Å²) < 4.78 is 41.6. The molecule has 1 N–H and O–H groups in total. The Bertz CT molecular complexity index is 881. The highest BCUT2D eigenvalue weighted by atomic mass is 32.1. The summed E-state index contributed by atoms with van der Waals surface area (Å²) in [6, 6.07) is 4.06. The molecule has 0 aliphatic carbocycles. The largest absolute Gasteiger partial charge is 0.573 e. The Hall–Kier alpha value is -2.62. The van der Waals surface area contributed by atoms with Crippen molar-refractivity contribution in [2.24, 2.45) is 0 Å². The monoisotopic (exact) mass is 411 g/mol. The van der Waals surface area contributed by atoms with Crippen LogP contribution in [0.15, 0.2) is 36.7 Å². The molecule has 10 heteroatoms. The van der Waals surface area contributed by atoms with Gasteiger partial charge in [-0.15, -0.1) is 13.2 Å². The van der Waals surface area contributed by atoms with E-state index in [0.29, 0.717) is 54.6 Å². The number of anilines is 1. The second-order valence-corrected chi connectivity index (χ2v) is 6.90. The fourth-order valence-corrected chi connectivity index (χ4v) is 3.19. The van der Waals surface area contributed by atoms with Crippen LogP contribution >= 0.6 is 12.2 Å². The van der Waals surface area contributed by atoms with Gasteiger partial charge in [0.1, 0.15) is 17.9 Å². The summed E-state index contributed by atoms with van der Waals surface area (Å²) in [5.74, 6) is 0.290. The van der Waals surface area contributed by atoms with Crippen molar-refractivity contribution >= 4 is 34.1 Å². The standard InChI is InChI=1S/C18H20F3N5OS/c1-12(2)10-22-17(28)26-7-5-25(6-8-26)16-14-9-13(27-18(19,20)21)3-4-15(14)23-11-24-16/h3-4,9,11H,1,5-8,10H2,2H3,(H,22,28). The fraction of sp³-hybridized carbons (Fsp3) is 0.389. The quantitative estimate of drug-likeness (QED) is 0.613. The van der Waals surface area contributed by atoms with Crippen molar-refractivity contribution in [3.63, 3.8) is 0 Å². The number of alkyl halides is 3. The van der Waals surface area contributed by atoms with Crippen molar-refractivity contribution in [2.75, 3.05) is 37.6 Å². The molecule has 2 aromatic rings. The van der Waals surface area contributed by atoms with Gasteiger partial charge in [-0.1, -0.05) is 12.2 Å². The summed E-state index contributed by atoms with van der Waals surface area (Å²) >= 11 is 5.40. The van der Waals surface area contributed by atoms with Crippen LogP contribution in [0.4, 0.5) is 19.0 Å². The van der Waals surface area contributed by atoms with Gasteiger partial charge in [-0.25, -0.2) is 9.97 Å². The number of aromatic nitrogens is 2. The van der Waals surface area contributed by atoms with Crippen molar-refractivity contribution in [2.45, 2.75) is 13.3 Å². The lowest BCUT2D eigenvalue weighted by atomic mass is 10.2. The van der Waals surface area contributed by atoms with E-state index in [9.17, 15) is 13.2 Å². The number of nitrogens with zero attached hydrogens (tertiary/aromatic N) is 4. The van der Waals surface area contributed by atoms with E-state index < -0.39 is 6.36 Å². The van der Waals surface area contributed by atoms with Crippen LogP contribution in [0.3, 0.4) is 0 Å². The van der Waals surface area contributed by atoms with Crippen molar-refractivity contribution in [1.82, 2.24) is 20.2 Å². The Morgan fingerprint density at radius 1 is 1.25 bits per heavy atom. The smallest absolute Gasteiger partial charge is 0.406 e. The molecule has 6 nitrogen and oxygen atoms in total. The van der Waals surface area contributed by atoms with E-state index in [0.717, 1.165) is 5.57 Å². The van der Waals surface area contributed by atoms with Gasteiger partial charge in [0.25, 0.3) is 0 Å². The summed E-state index contributed by atoms with van der Waals surface area (Å²) in [6.07, 6.45) is -3.34. The maximum Gasteiger partial charge on any atom is 0.573 e. The molecular weight excluding hydrogens is 391 g/mol. The highest BCUT2D eigenvalue weighted by molar-refractivity contribution is 7.80. The van der Waals surface area contributed by atoms with Crippen molar-refractivity contribution in [1.29, 1.82) is 0 Å². The number of benzene rings is 1. The predicted molar refractivity (Wildman–Crippen MR) is 105 cm³/mol. The summed E-state index contributed by atoms with van der Waals surface area (Å²) in [5.41, 5.74) is 1.55. The first-order valence-corrected chi connectivity index (χ1v) is 9.06. The zero-order valence-electron chi connectivity index (χ0n) is 15.3. The Balaban J connectivity index is 1.74. The number of piperazine rings is 1. The van der Waals surface area contributed by atoms with Gasteiger partial charge >= 0.3 is 6.36 Å². The average Bonchev–Trinajstić information content (AvgIpc) is 2.64. The molecule has 0 spiro atoms. The minimum Gasteiger partial charge on any atom is -0.406 e. The third-order valence-electron chi connectivity index (χ3n) is 4.23. The van der Waals surface area contributed by atoms with E-state index in [4.69, 9.17) is 12.2 Å². The van der Waals surface area contributed by atoms with Gasteiger partial charge in [0.05, 0.1) is 5.52 Å². The van der Waals surface area contributed by atoms with Crippen LogP contribution in [-0.2, 0) is 0 Å². The molecule has 0 bridgehead atoms. The molecular formula is C18H20F3N5OS. The van der Waals surface area contributed by atoms with Gasteiger partial charge in [-0.3, -0.25) is 0 Å². The predicted octanol–water partition coefficient (Wildman–Crippen LogP) is 3.10. The number of fused-ring (bicyclic) bond motifs is 1. The van der Waals surface area contributed by atoms with Crippen LogP contribution in [0.2, 0.25) is 0 Å². The van der Waals surface area contributed by atoms with E-state index >= 15 is 0 Å². The highest BCUT2D eigenvalue weighted by Crippen LogP contribution is 2.30. The Labute approximate surface area is 166 Å². The topological polar surface area (TPSA) is 53.5 Å². The molecule has 0 unspecified atom stereocenters. The molecule has 0 saturated carbocycles. The van der Waals surface area contributed by atoms with E-state index in [2.05, 4.69) is 31.5 Å². The molecule has 1 saturated heterocycles. The second kappa shape index (κ2) is 8.17. The lowest BCUT2D eigenvalue weighted by Gasteiger charge is -2.37. The molecule has 28 heavy (non-hydrogen) atoms. The summed E-state index contributed by atoms with van der Waals surface area (Å²) in [4.78, 5) is 12.5. The minimum atomic E-state index is -4.75. The van der Waals surface area contributed by atoms with Crippen LogP contribution < -0.4 is 15.0 Å². The third kappa shape index (κ3) is 5.00. The molecule has 1 aromatic carbocycles. The molecule has 1 aromatic heterocycles. The fourth-order valence-electron chi connectivity index (χ4n) is 2.93. The number of rotatable bonds is 4. The SMILES string of the molecule is C=C(C)CNC(=S)N1CCN(c2ncnc3ccc(OC(F)(F)F)cc23)CC1. The zero-order chi connectivity index (χ0) is 20.3. The van der Waals surface area contributed by atoms with Crippen LogP contribution in [0, 0.1) is 0 Å². The highest BCUT2D eigenvalue weighted by Gasteiger charge is 2.31. The molecule has 0 atom stereocenters. The van der Waals surface area contributed by atoms with Crippen molar-refractivity contribution < 1.29 is 17.9 Å². The first-order chi connectivity index (χ1) is 13.2. The molecule has 1 aliphatic rings. The van der Waals surface area contributed by atoms with Gasteiger partial charge in [0.2, 0.25) is 0 Å². The zero-order valence-corrected chi connectivity index (χ0v) is 16.1. The molecule has 0 amide bonds. The van der Waals surface area contributed by atoms with Gasteiger partial charge in [-0.2, -0.15) is 0 Å². The van der Waals surface area contributed by atoms with Crippen LogP contribution in [0.25, 0.3) is 10.9 Å². The summed E-state index contributed by atoms with van der Waals surface area (Å²) in [5, 5.41) is 4.33. The number of hydrogen-bond donors (Lipinski definition) is 1. The summed E-state index contributed by atoms with van der Waals surface area (Å²) in [6.45, 7) is 8.99. The molecule has 0 radical (unpaired) electrons. The Kier molecular flexibility index (Phi) is 5.87. The van der Waals surface area contributed by atoms with Crippen LogP contribution in [-0.4, -0.2) is 59.1 Å². The minimum absolute atomic E-state index is 0.292.